The van der Waals surface area contributed by atoms with Crippen molar-refractivity contribution in [2.45, 2.75) is 26.3 Å². The lowest BCUT2D eigenvalue weighted by Crippen LogP contribution is -2.33. The summed E-state index contributed by atoms with van der Waals surface area (Å²) in [4.78, 5) is 11.8. The Morgan fingerprint density at radius 1 is 1.32 bits per heavy atom. The van der Waals surface area contributed by atoms with Gasteiger partial charge in [-0.25, -0.2) is 0 Å². The van der Waals surface area contributed by atoms with Crippen molar-refractivity contribution in [1.82, 2.24) is 5.32 Å². The molecule has 0 radical (unpaired) electrons. The second-order valence-electron chi connectivity index (χ2n) is 4.60. The number of fused-ring (bicyclic) bond motifs is 1. The van der Waals surface area contributed by atoms with Crippen LogP contribution >= 0.6 is 0 Å². The molecule has 0 bridgehead atoms. The fourth-order valence-electron chi connectivity index (χ4n) is 1.74. The van der Waals surface area contributed by atoms with E-state index in [2.05, 4.69) is 24.5 Å². The molecule has 0 saturated heterocycles. The lowest BCUT2D eigenvalue weighted by molar-refractivity contribution is -0.115. The first-order valence-corrected chi connectivity index (χ1v) is 6.62. The number of nitrogens with one attached hydrogen (secondary N) is 2. The average Bonchev–Trinajstić information content (AvgIpc) is 2.44. The van der Waals surface area contributed by atoms with Crippen molar-refractivity contribution in [3.63, 3.8) is 0 Å². The number of amides is 1. The molecule has 0 aliphatic carbocycles. The Labute approximate surface area is 113 Å². The summed E-state index contributed by atoms with van der Waals surface area (Å²) in [7, 11) is 0. The lowest BCUT2D eigenvalue weighted by atomic mass is 10.2. The molecule has 1 unspecified atom stereocenters. The largest absolute Gasteiger partial charge is 0.486 e. The molecular formula is C14H20N2O3. The van der Waals surface area contributed by atoms with Crippen LogP contribution in [0.25, 0.3) is 0 Å². The quantitative estimate of drug-likeness (QED) is 0.851. The standard InChI is InChI=1S/C14H20N2O3/c1-3-10(2)15-9-14(17)16-11-4-5-12-13(8-11)19-7-6-18-12/h4-5,8,10,15H,3,6-7,9H2,1-2H3,(H,16,17). The van der Waals surface area contributed by atoms with Crippen LogP contribution in [0.15, 0.2) is 18.2 Å². The van der Waals surface area contributed by atoms with Gasteiger partial charge in [0.15, 0.2) is 11.5 Å². The average molecular weight is 264 g/mol. The van der Waals surface area contributed by atoms with Crippen molar-refractivity contribution < 1.29 is 14.3 Å². The Bertz CT molecular complexity index is 448. The minimum atomic E-state index is -0.0584. The smallest absolute Gasteiger partial charge is 0.238 e. The summed E-state index contributed by atoms with van der Waals surface area (Å²) < 4.78 is 10.9. The van der Waals surface area contributed by atoms with E-state index in [1.165, 1.54) is 0 Å². The number of carbonyl (C=O) groups is 1. The van der Waals surface area contributed by atoms with Gasteiger partial charge in [-0.15, -0.1) is 0 Å². The monoisotopic (exact) mass is 264 g/mol. The highest BCUT2D eigenvalue weighted by atomic mass is 16.6. The van der Waals surface area contributed by atoms with E-state index in [4.69, 9.17) is 9.47 Å². The predicted octanol–water partition coefficient (Wildman–Crippen LogP) is 1.78. The van der Waals surface area contributed by atoms with Crippen molar-refractivity contribution in [2.24, 2.45) is 0 Å². The SMILES string of the molecule is CCC(C)NCC(=O)Nc1ccc2c(c1)OCCO2. The second-order valence-corrected chi connectivity index (χ2v) is 4.60. The van der Waals surface area contributed by atoms with E-state index >= 15 is 0 Å². The molecule has 0 spiro atoms. The van der Waals surface area contributed by atoms with Gasteiger partial charge in [0.05, 0.1) is 6.54 Å². The molecule has 1 aliphatic heterocycles. The van der Waals surface area contributed by atoms with E-state index in [9.17, 15) is 4.79 Å². The Balaban J connectivity index is 1.90. The van der Waals surface area contributed by atoms with E-state index in [0.29, 0.717) is 31.5 Å². The van der Waals surface area contributed by atoms with Crippen molar-refractivity contribution in [1.29, 1.82) is 0 Å². The summed E-state index contributed by atoms with van der Waals surface area (Å²) in [6.45, 7) is 5.55. The molecule has 5 heteroatoms. The van der Waals surface area contributed by atoms with Crippen LogP contribution in [-0.4, -0.2) is 31.7 Å². The fraction of sp³-hybridized carbons (Fsp3) is 0.500. The molecule has 1 aliphatic rings. The molecule has 1 heterocycles. The van der Waals surface area contributed by atoms with Gasteiger partial charge in [0.2, 0.25) is 5.91 Å². The zero-order valence-electron chi connectivity index (χ0n) is 11.4. The first kappa shape index (κ1) is 13.7. The van der Waals surface area contributed by atoms with Gasteiger partial charge in [0.1, 0.15) is 13.2 Å². The van der Waals surface area contributed by atoms with E-state index in [-0.39, 0.29) is 5.91 Å². The molecule has 1 aromatic rings. The molecule has 19 heavy (non-hydrogen) atoms. The second kappa shape index (κ2) is 6.43. The van der Waals surface area contributed by atoms with E-state index in [0.717, 1.165) is 17.9 Å². The maximum Gasteiger partial charge on any atom is 0.238 e. The molecular weight excluding hydrogens is 244 g/mol. The summed E-state index contributed by atoms with van der Waals surface area (Å²) in [5.41, 5.74) is 0.722. The molecule has 5 nitrogen and oxygen atoms in total. The van der Waals surface area contributed by atoms with E-state index in [1.807, 2.05) is 12.1 Å². The van der Waals surface area contributed by atoms with Crippen LogP contribution in [0.5, 0.6) is 11.5 Å². The van der Waals surface area contributed by atoms with Crippen molar-refractivity contribution in [3.05, 3.63) is 18.2 Å². The number of hydrogen-bond donors (Lipinski definition) is 2. The minimum Gasteiger partial charge on any atom is -0.486 e. The number of anilines is 1. The topological polar surface area (TPSA) is 59.6 Å². The Morgan fingerprint density at radius 2 is 2.05 bits per heavy atom. The summed E-state index contributed by atoms with van der Waals surface area (Å²) in [6, 6.07) is 5.75. The van der Waals surface area contributed by atoms with Gasteiger partial charge in [-0.1, -0.05) is 6.92 Å². The fourth-order valence-corrected chi connectivity index (χ4v) is 1.74. The Morgan fingerprint density at radius 3 is 2.79 bits per heavy atom. The molecule has 104 valence electrons. The van der Waals surface area contributed by atoms with Crippen LogP contribution in [0.3, 0.4) is 0 Å². The van der Waals surface area contributed by atoms with Gasteiger partial charge in [0, 0.05) is 17.8 Å². The predicted molar refractivity (Wildman–Crippen MR) is 73.8 cm³/mol. The first-order valence-electron chi connectivity index (χ1n) is 6.62. The number of rotatable bonds is 5. The Kier molecular flexibility index (Phi) is 4.63. The highest BCUT2D eigenvalue weighted by molar-refractivity contribution is 5.92. The third-order valence-corrected chi connectivity index (χ3v) is 3.05. The van der Waals surface area contributed by atoms with Crippen molar-refractivity contribution >= 4 is 11.6 Å². The van der Waals surface area contributed by atoms with Crippen LogP contribution in [0.1, 0.15) is 20.3 Å². The van der Waals surface area contributed by atoms with E-state index < -0.39 is 0 Å². The molecule has 0 fully saturated rings. The van der Waals surface area contributed by atoms with Crippen LogP contribution in [0.2, 0.25) is 0 Å². The maximum absolute atomic E-state index is 11.8. The molecule has 2 N–H and O–H groups in total. The molecule has 2 rings (SSSR count). The van der Waals surface area contributed by atoms with Crippen molar-refractivity contribution in [3.8, 4) is 11.5 Å². The normalized spacial score (nSPS) is 14.8. The summed E-state index contributed by atoms with van der Waals surface area (Å²) in [5.74, 6) is 1.35. The lowest BCUT2D eigenvalue weighted by Gasteiger charge is -2.19. The van der Waals surface area contributed by atoms with Gasteiger partial charge < -0.3 is 20.1 Å². The molecule has 1 aromatic carbocycles. The maximum atomic E-state index is 11.8. The minimum absolute atomic E-state index is 0.0584. The summed E-state index contributed by atoms with van der Waals surface area (Å²) in [5, 5.41) is 5.98. The van der Waals surface area contributed by atoms with Crippen LogP contribution in [0.4, 0.5) is 5.69 Å². The van der Waals surface area contributed by atoms with Gasteiger partial charge in [0.25, 0.3) is 0 Å². The number of ether oxygens (including phenoxy) is 2. The Hall–Kier alpha value is -1.75. The molecule has 1 amide bonds. The highest BCUT2D eigenvalue weighted by Crippen LogP contribution is 2.32. The van der Waals surface area contributed by atoms with Gasteiger partial charge in [-0.3, -0.25) is 4.79 Å². The van der Waals surface area contributed by atoms with Crippen molar-refractivity contribution in [2.75, 3.05) is 25.1 Å². The van der Waals surface area contributed by atoms with Gasteiger partial charge in [-0.2, -0.15) is 0 Å². The number of benzene rings is 1. The van der Waals surface area contributed by atoms with E-state index in [1.54, 1.807) is 6.07 Å². The number of carbonyl (C=O) groups excluding carboxylic acids is 1. The van der Waals surface area contributed by atoms with Gasteiger partial charge in [-0.05, 0) is 25.5 Å². The third kappa shape index (κ3) is 3.86. The molecule has 1 atom stereocenters. The van der Waals surface area contributed by atoms with Crippen LogP contribution < -0.4 is 20.1 Å². The zero-order chi connectivity index (χ0) is 13.7. The van der Waals surface area contributed by atoms with Gasteiger partial charge >= 0.3 is 0 Å². The highest BCUT2D eigenvalue weighted by Gasteiger charge is 2.12. The summed E-state index contributed by atoms with van der Waals surface area (Å²) in [6.07, 6.45) is 0.997. The zero-order valence-corrected chi connectivity index (χ0v) is 11.4. The number of hydrogen-bond acceptors (Lipinski definition) is 4. The molecule has 0 aromatic heterocycles. The van der Waals surface area contributed by atoms with Crippen LogP contribution in [-0.2, 0) is 4.79 Å². The molecule has 0 saturated carbocycles. The third-order valence-electron chi connectivity index (χ3n) is 3.05. The van der Waals surface area contributed by atoms with Crippen LogP contribution in [0, 0.1) is 0 Å². The first-order chi connectivity index (χ1) is 9.19. The summed E-state index contributed by atoms with van der Waals surface area (Å²) >= 11 is 0.